The summed E-state index contributed by atoms with van der Waals surface area (Å²) in [6, 6.07) is 9.48. The van der Waals surface area contributed by atoms with Crippen molar-refractivity contribution in [3.05, 3.63) is 35.9 Å². The summed E-state index contributed by atoms with van der Waals surface area (Å²) in [6.07, 6.45) is 2.18. The number of carbonyl (C=O) groups is 4. The maximum Gasteiger partial charge on any atom is 0.331 e. The van der Waals surface area contributed by atoms with E-state index in [4.69, 9.17) is 9.57 Å². The van der Waals surface area contributed by atoms with Crippen molar-refractivity contribution in [2.24, 2.45) is 0 Å². The first-order chi connectivity index (χ1) is 17.6. The Hall–Kier alpha value is -2.98. The summed E-state index contributed by atoms with van der Waals surface area (Å²) in [6.45, 7) is 11.0. The van der Waals surface area contributed by atoms with E-state index in [2.05, 4.69) is 21.4 Å². The van der Waals surface area contributed by atoms with Crippen LogP contribution in [-0.2, 0) is 35.2 Å². The molecule has 38 heavy (non-hydrogen) atoms. The molecule has 4 N–H and O–H groups in total. The molecule has 10 heteroatoms. The van der Waals surface area contributed by atoms with Crippen molar-refractivity contribution >= 4 is 23.7 Å². The molecule has 2 aliphatic rings. The van der Waals surface area contributed by atoms with Gasteiger partial charge in [0, 0.05) is 6.42 Å². The van der Waals surface area contributed by atoms with Crippen LogP contribution in [0.2, 0.25) is 0 Å². The van der Waals surface area contributed by atoms with Gasteiger partial charge >= 0.3 is 5.97 Å². The van der Waals surface area contributed by atoms with Crippen molar-refractivity contribution in [2.75, 3.05) is 0 Å². The second-order valence-electron chi connectivity index (χ2n) is 12.2. The Kier molecular flexibility index (Phi) is 8.58. The third-order valence-corrected chi connectivity index (χ3v) is 7.16. The number of esters is 1. The zero-order valence-corrected chi connectivity index (χ0v) is 23.5. The minimum Gasteiger partial charge on any atom is -0.458 e. The number of benzene rings is 1. The fourth-order valence-corrected chi connectivity index (χ4v) is 4.46. The number of amides is 3. The van der Waals surface area contributed by atoms with Crippen molar-refractivity contribution in [1.82, 2.24) is 21.4 Å². The lowest BCUT2D eigenvalue weighted by Gasteiger charge is -2.39. The van der Waals surface area contributed by atoms with Crippen LogP contribution in [0.5, 0.6) is 0 Å². The maximum absolute atomic E-state index is 13.7. The molecule has 0 radical (unpaired) electrons. The molecule has 3 amide bonds. The van der Waals surface area contributed by atoms with Crippen molar-refractivity contribution in [2.45, 2.75) is 115 Å². The largest absolute Gasteiger partial charge is 0.458 e. The first-order valence-corrected chi connectivity index (χ1v) is 13.2. The number of fused-ring (bicyclic) bond motifs is 1. The predicted molar refractivity (Wildman–Crippen MR) is 142 cm³/mol. The number of hydrogen-bond acceptors (Lipinski definition) is 7. The molecule has 3 rings (SSSR count). The van der Waals surface area contributed by atoms with Crippen LogP contribution in [0.25, 0.3) is 0 Å². The van der Waals surface area contributed by atoms with Gasteiger partial charge in [-0.05, 0) is 73.3 Å². The van der Waals surface area contributed by atoms with Crippen LogP contribution in [0.1, 0.15) is 79.7 Å². The van der Waals surface area contributed by atoms with Crippen LogP contribution in [0.15, 0.2) is 30.3 Å². The smallest absolute Gasteiger partial charge is 0.331 e. The molecule has 0 spiro atoms. The topological polar surface area (TPSA) is 135 Å². The number of ether oxygens (including phenoxy) is 1. The molecule has 1 aliphatic heterocycles. The van der Waals surface area contributed by atoms with Crippen LogP contribution in [0.4, 0.5) is 0 Å². The van der Waals surface area contributed by atoms with Gasteiger partial charge < -0.3 is 20.7 Å². The molecule has 210 valence electrons. The highest BCUT2D eigenvalue weighted by molar-refractivity contribution is 5.98. The number of hydroxylamine groups is 1. The van der Waals surface area contributed by atoms with Crippen LogP contribution in [0.3, 0.4) is 0 Å². The van der Waals surface area contributed by atoms with Crippen LogP contribution < -0.4 is 21.4 Å². The van der Waals surface area contributed by atoms with Gasteiger partial charge in [0.15, 0.2) is 0 Å². The number of nitrogens with one attached hydrogen (secondary N) is 4. The molecule has 1 aromatic carbocycles. The van der Waals surface area contributed by atoms with Crippen molar-refractivity contribution in [3.63, 3.8) is 0 Å². The van der Waals surface area contributed by atoms with Gasteiger partial charge in [-0.15, -0.1) is 0 Å². The zero-order valence-electron chi connectivity index (χ0n) is 23.5. The Labute approximate surface area is 224 Å². The van der Waals surface area contributed by atoms with Crippen LogP contribution >= 0.6 is 0 Å². The van der Waals surface area contributed by atoms with E-state index >= 15 is 0 Å². The quantitative estimate of drug-likeness (QED) is 0.430. The summed E-state index contributed by atoms with van der Waals surface area (Å²) in [4.78, 5) is 59.4. The van der Waals surface area contributed by atoms with Crippen molar-refractivity contribution in [1.29, 1.82) is 0 Å². The Morgan fingerprint density at radius 1 is 0.711 bits per heavy atom. The lowest BCUT2D eigenvalue weighted by atomic mass is 9.90. The van der Waals surface area contributed by atoms with Gasteiger partial charge in [0.2, 0.25) is 17.7 Å². The molecule has 1 aromatic rings. The normalized spacial score (nSPS) is 30.2. The lowest BCUT2D eigenvalue weighted by molar-refractivity contribution is -0.181. The van der Waals surface area contributed by atoms with Gasteiger partial charge in [-0.3, -0.25) is 19.2 Å². The average molecular weight is 531 g/mol. The first kappa shape index (κ1) is 29.6. The van der Waals surface area contributed by atoms with E-state index < -0.39 is 58.1 Å². The van der Waals surface area contributed by atoms with Crippen molar-refractivity contribution < 1.29 is 28.8 Å². The summed E-state index contributed by atoms with van der Waals surface area (Å²) in [7, 11) is 0. The van der Waals surface area contributed by atoms with Crippen LogP contribution in [0, 0.1) is 0 Å². The molecule has 0 unspecified atom stereocenters. The zero-order chi connectivity index (χ0) is 28.4. The predicted octanol–water partition coefficient (Wildman–Crippen LogP) is 2.06. The van der Waals surface area contributed by atoms with E-state index in [1.165, 1.54) is 13.8 Å². The summed E-state index contributed by atoms with van der Waals surface area (Å²) in [5, 5.41) is 8.24. The number of hydrogen-bond donors (Lipinski definition) is 4. The molecule has 3 atom stereocenters. The fraction of sp³-hybridized carbons (Fsp3) is 0.643. The molecule has 1 saturated heterocycles. The molecular weight excluding hydrogens is 488 g/mol. The van der Waals surface area contributed by atoms with E-state index in [-0.39, 0.29) is 6.42 Å². The Bertz CT molecular complexity index is 1050. The summed E-state index contributed by atoms with van der Waals surface area (Å²) < 4.78 is 5.85. The highest BCUT2D eigenvalue weighted by Crippen LogP contribution is 2.27. The molecule has 1 aliphatic carbocycles. The molecule has 10 nitrogen and oxygen atoms in total. The van der Waals surface area contributed by atoms with Gasteiger partial charge in [0.25, 0.3) is 0 Å². The Balaban J connectivity index is 2.00. The third kappa shape index (κ3) is 6.91. The van der Waals surface area contributed by atoms with E-state index in [9.17, 15) is 19.2 Å². The maximum atomic E-state index is 13.7. The highest BCUT2D eigenvalue weighted by Gasteiger charge is 2.45. The van der Waals surface area contributed by atoms with Gasteiger partial charge in [-0.1, -0.05) is 36.8 Å². The van der Waals surface area contributed by atoms with E-state index in [0.717, 1.165) is 18.4 Å². The first-order valence-electron chi connectivity index (χ1n) is 13.2. The molecule has 0 bridgehead atoms. The lowest BCUT2D eigenvalue weighted by Crippen LogP contribution is -2.68. The van der Waals surface area contributed by atoms with E-state index in [1.54, 1.807) is 34.6 Å². The third-order valence-electron chi connectivity index (χ3n) is 7.16. The summed E-state index contributed by atoms with van der Waals surface area (Å²) in [5.74, 6) is -2.19. The minimum absolute atomic E-state index is 0.273. The van der Waals surface area contributed by atoms with E-state index in [1.807, 2.05) is 30.3 Å². The molecular formula is C28H42N4O6. The average Bonchev–Trinajstić information content (AvgIpc) is 2.82. The Morgan fingerprint density at radius 2 is 1.21 bits per heavy atom. The standard InChI is InChI=1S/C28H42N4O6/c1-25(2)22(34)30-27(5,6)24(36)37-19-15-11-12-16-20(19)38-32-28(7,17-18-13-9-8-10-14-18)23(35)31-26(3,4)21(33)29-25/h8-10,13-14,19-20,32H,11-12,15-17H2,1-7H3,(H,29,33)(H,30,34)(H,31,35)/t19-,20-,28-/m0/s1. The summed E-state index contributed by atoms with van der Waals surface area (Å²) in [5.41, 5.74) is -1.49. The summed E-state index contributed by atoms with van der Waals surface area (Å²) >= 11 is 0. The molecule has 1 saturated carbocycles. The van der Waals surface area contributed by atoms with Crippen molar-refractivity contribution in [3.8, 4) is 0 Å². The molecule has 0 aromatic heterocycles. The Morgan fingerprint density at radius 3 is 1.79 bits per heavy atom. The molecule has 2 fully saturated rings. The highest BCUT2D eigenvalue weighted by atomic mass is 16.7. The molecule has 1 heterocycles. The van der Waals surface area contributed by atoms with Gasteiger partial charge in [-0.25, -0.2) is 4.79 Å². The number of rotatable bonds is 2. The monoisotopic (exact) mass is 530 g/mol. The van der Waals surface area contributed by atoms with E-state index in [0.29, 0.717) is 12.8 Å². The van der Waals surface area contributed by atoms with Crippen LogP contribution in [-0.4, -0.2) is 58.1 Å². The fourth-order valence-electron chi connectivity index (χ4n) is 4.46. The van der Waals surface area contributed by atoms with Gasteiger partial charge in [-0.2, -0.15) is 5.48 Å². The second-order valence-corrected chi connectivity index (χ2v) is 12.2. The minimum atomic E-state index is -1.38. The van der Waals surface area contributed by atoms with Gasteiger partial charge in [0.1, 0.15) is 34.4 Å². The second kappa shape index (κ2) is 11.0. The SMILES string of the molecule is CC1(C)NC(=O)C(C)(C)NC(=O)[C@](C)(Cc2ccccc2)NO[C@H]2CCCC[C@@H]2OC(=O)C(C)(C)NC1=O. The number of carbonyl (C=O) groups excluding carboxylic acids is 4. The van der Waals surface area contributed by atoms with Gasteiger partial charge in [0.05, 0.1) is 0 Å².